The van der Waals surface area contributed by atoms with Gasteiger partial charge in [0.25, 0.3) is 0 Å². The second kappa shape index (κ2) is 12.0. The van der Waals surface area contributed by atoms with E-state index in [0.29, 0.717) is 0 Å². The second-order valence-electron chi connectivity index (χ2n) is 6.06. The molecule has 0 aromatic rings. The van der Waals surface area contributed by atoms with E-state index < -0.39 is 0 Å². The first-order valence-corrected chi connectivity index (χ1v) is 8.82. The molecule has 0 radical (unpaired) electrons. The molecule has 1 N–H and O–H groups in total. The zero-order valence-corrected chi connectivity index (χ0v) is 13.4. The second-order valence-corrected chi connectivity index (χ2v) is 6.06. The molecule has 2 heteroatoms. The first kappa shape index (κ1) is 17.3. The summed E-state index contributed by atoms with van der Waals surface area (Å²) in [4.78, 5) is 11.7. The number of carbonyl (C=O) groups excluding carboxylic acids is 1. The zero-order valence-electron chi connectivity index (χ0n) is 13.4. The lowest BCUT2D eigenvalue weighted by atomic mass is 10.0. The minimum absolute atomic E-state index is 0.179. The molecule has 20 heavy (non-hydrogen) atoms. The van der Waals surface area contributed by atoms with Gasteiger partial charge in [-0.3, -0.25) is 4.79 Å². The molecule has 0 fully saturated rings. The lowest BCUT2D eigenvalue weighted by Crippen LogP contribution is -2.24. The first-order valence-electron chi connectivity index (χ1n) is 8.82. The van der Waals surface area contributed by atoms with Crippen LogP contribution in [-0.2, 0) is 4.79 Å². The third-order valence-electron chi connectivity index (χ3n) is 4.15. The first-order chi connectivity index (χ1) is 9.84. The number of rotatable bonds is 11. The molecule has 116 valence electrons. The number of hydrogen-bond acceptors (Lipinski definition) is 1. The fourth-order valence-electron chi connectivity index (χ4n) is 2.80. The van der Waals surface area contributed by atoms with E-state index in [1.54, 1.807) is 0 Å². The van der Waals surface area contributed by atoms with Crippen molar-refractivity contribution in [3.8, 4) is 0 Å². The predicted octanol–water partition coefficient (Wildman–Crippen LogP) is 5.13. The van der Waals surface area contributed by atoms with E-state index in [2.05, 4.69) is 18.3 Å². The molecule has 0 bridgehead atoms. The van der Waals surface area contributed by atoms with Crippen LogP contribution in [0.4, 0.5) is 0 Å². The van der Waals surface area contributed by atoms with Crippen molar-refractivity contribution >= 4 is 5.91 Å². The van der Waals surface area contributed by atoms with Gasteiger partial charge in [-0.25, -0.2) is 0 Å². The highest BCUT2D eigenvalue weighted by molar-refractivity contribution is 5.93. The Labute approximate surface area is 125 Å². The molecule has 0 aromatic heterocycles. The summed E-state index contributed by atoms with van der Waals surface area (Å²) in [6, 6.07) is 0. The quantitative estimate of drug-likeness (QED) is 0.522. The lowest BCUT2D eigenvalue weighted by Gasteiger charge is -2.05. The molecule has 1 aliphatic heterocycles. The van der Waals surface area contributed by atoms with Crippen molar-refractivity contribution < 1.29 is 4.79 Å². The van der Waals surface area contributed by atoms with Crippen molar-refractivity contribution in [1.29, 1.82) is 0 Å². The summed E-state index contributed by atoms with van der Waals surface area (Å²) in [5.41, 5.74) is 1.03. The van der Waals surface area contributed by atoms with Crippen LogP contribution in [0, 0.1) is 0 Å². The van der Waals surface area contributed by atoms with E-state index in [-0.39, 0.29) is 5.91 Å². The SMILES string of the molecule is CCCCCCCCCCCCC1=CCCCNC1=O. The summed E-state index contributed by atoms with van der Waals surface area (Å²) in [6.07, 6.45) is 18.8. The monoisotopic (exact) mass is 279 g/mol. The maximum Gasteiger partial charge on any atom is 0.246 e. The summed E-state index contributed by atoms with van der Waals surface area (Å²) in [6.45, 7) is 3.11. The van der Waals surface area contributed by atoms with Crippen molar-refractivity contribution in [2.75, 3.05) is 6.54 Å². The standard InChI is InChI=1S/C18H33NO/c1-2-3-4-5-6-7-8-9-10-11-14-17-15-12-13-16-19-18(17)20/h15H,2-14,16H2,1H3,(H,19,20). The van der Waals surface area contributed by atoms with Gasteiger partial charge in [0.15, 0.2) is 0 Å². The van der Waals surface area contributed by atoms with Gasteiger partial charge in [0.05, 0.1) is 0 Å². The normalized spacial score (nSPS) is 15.7. The van der Waals surface area contributed by atoms with Crippen LogP contribution in [0.2, 0.25) is 0 Å². The van der Waals surface area contributed by atoms with Crippen LogP contribution in [0.25, 0.3) is 0 Å². The zero-order chi connectivity index (χ0) is 14.5. The van der Waals surface area contributed by atoms with Crippen LogP contribution in [0.15, 0.2) is 11.6 Å². The number of hydrogen-bond donors (Lipinski definition) is 1. The van der Waals surface area contributed by atoms with Gasteiger partial charge in [0.2, 0.25) is 5.91 Å². The predicted molar refractivity (Wildman–Crippen MR) is 86.8 cm³/mol. The van der Waals surface area contributed by atoms with E-state index in [1.807, 2.05) is 0 Å². The van der Waals surface area contributed by atoms with E-state index >= 15 is 0 Å². The van der Waals surface area contributed by atoms with Crippen LogP contribution >= 0.6 is 0 Å². The molecule has 0 atom stereocenters. The smallest absolute Gasteiger partial charge is 0.246 e. The molecule has 0 aliphatic carbocycles. The molecule has 2 nitrogen and oxygen atoms in total. The van der Waals surface area contributed by atoms with Crippen LogP contribution < -0.4 is 5.32 Å². The minimum atomic E-state index is 0.179. The van der Waals surface area contributed by atoms with Crippen LogP contribution in [0.3, 0.4) is 0 Å². The average Bonchev–Trinajstić information content (AvgIpc) is 2.66. The Morgan fingerprint density at radius 1 is 0.950 bits per heavy atom. The van der Waals surface area contributed by atoms with Crippen molar-refractivity contribution in [3.05, 3.63) is 11.6 Å². The van der Waals surface area contributed by atoms with Crippen LogP contribution in [-0.4, -0.2) is 12.5 Å². The number of amides is 1. The number of carbonyl (C=O) groups is 1. The van der Waals surface area contributed by atoms with Crippen molar-refractivity contribution in [2.24, 2.45) is 0 Å². The van der Waals surface area contributed by atoms with Gasteiger partial charge in [-0.1, -0.05) is 70.8 Å². The molecule has 0 saturated carbocycles. The average molecular weight is 279 g/mol. The third kappa shape index (κ3) is 8.39. The summed E-state index contributed by atoms with van der Waals surface area (Å²) < 4.78 is 0. The molecule has 0 aromatic carbocycles. The van der Waals surface area contributed by atoms with Gasteiger partial charge >= 0.3 is 0 Å². The molecule has 1 heterocycles. The summed E-state index contributed by atoms with van der Waals surface area (Å²) in [7, 11) is 0. The van der Waals surface area contributed by atoms with Gasteiger partial charge in [-0.05, 0) is 25.7 Å². The topological polar surface area (TPSA) is 29.1 Å². The highest BCUT2D eigenvalue weighted by Gasteiger charge is 2.10. The summed E-state index contributed by atoms with van der Waals surface area (Å²) in [5.74, 6) is 0.179. The number of allylic oxidation sites excluding steroid dienone is 1. The van der Waals surface area contributed by atoms with Crippen LogP contribution in [0.1, 0.15) is 90.4 Å². The maximum atomic E-state index is 11.7. The molecule has 1 amide bonds. The van der Waals surface area contributed by atoms with E-state index in [1.165, 1.54) is 64.2 Å². The molecule has 0 spiro atoms. The Hall–Kier alpha value is -0.790. The Morgan fingerprint density at radius 2 is 1.55 bits per heavy atom. The third-order valence-corrected chi connectivity index (χ3v) is 4.15. The highest BCUT2D eigenvalue weighted by atomic mass is 16.1. The van der Waals surface area contributed by atoms with E-state index in [0.717, 1.165) is 31.4 Å². The molecule has 1 aliphatic rings. The van der Waals surface area contributed by atoms with Crippen LogP contribution in [0.5, 0.6) is 0 Å². The van der Waals surface area contributed by atoms with E-state index in [4.69, 9.17) is 0 Å². The Kier molecular flexibility index (Phi) is 10.3. The molecular weight excluding hydrogens is 246 g/mol. The van der Waals surface area contributed by atoms with Crippen molar-refractivity contribution in [3.63, 3.8) is 0 Å². The fraction of sp³-hybridized carbons (Fsp3) is 0.833. The van der Waals surface area contributed by atoms with Gasteiger partial charge in [-0.2, -0.15) is 0 Å². The van der Waals surface area contributed by atoms with Gasteiger partial charge < -0.3 is 5.32 Å². The van der Waals surface area contributed by atoms with Crippen molar-refractivity contribution in [2.45, 2.75) is 90.4 Å². The van der Waals surface area contributed by atoms with E-state index in [9.17, 15) is 4.79 Å². The number of unbranched alkanes of at least 4 members (excludes halogenated alkanes) is 9. The van der Waals surface area contributed by atoms with Gasteiger partial charge in [-0.15, -0.1) is 0 Å². The van der Waals surface area contributed by atoms with Crippen molar-refractivity contribution in [1.82, 2.24) is 5.32 Å². The minimum Gasteiger partial charge on any atom is -0.352 e. The molecular formula is C18H33NO. The summed E-state index contributed by atoms with van der Waals surface area (Å²) in [5, 5.41) is 2.97. The summed E-state index contributed by atoms with van der Waals surface area (Å²) >= 11 is 0. The molecule has 0 saturated heterocycles. The molecule has 0 unspecified atom stereocenters. The van der Waals surface area contributed by atoms with Gasteiger partial charge in [0.1, 0.15) is 0 Å². The highest BCUT2D eigenvalue weighted by Crippen LogP contribution is 2.15. The lowest BCUT2D eigenvalue weighted by molar-refractivity contribution is -0.117. The Morgan fingerprint density at radius 3 is 2.20 bits per heavy atom. The Balaban J connectivity index is 1.91. The van der Waals surface area contributed by atoms with Gasteiger partial charge in [0, 0.05) is 12.1 Å². The largest absolute Gasteiger partial charge is 0.352 e. The maximum absolute atomic E-state index is 11.7. The number of nitrogens with one attached hydrogen (secondary N) is 1. The fourth-order valence-corrected chi connectivity index (χ4v) is 2.80. The molecule has 1 rings (SSSR count). The Bertz CT molecular complexity index is 283.